The summed E-state index contributed by atoms with van der Waals surface area (Å²) < 4.78 is 22.4. The highest BCUT2D eigenvalue weighted by Gasteiger charge is 2.22. The number of furan rings is 2. The topological polar surface area (TPSA) is 71.8 Å². The molecule has 0 aliphatic rings. The summed E-state index contributed by atoms with van der Waals surface area (Å²) in [6.45, 7) is 0. The third-order valence-corrected chi connectivity index (χ3v) is 23.2. The molecular formula is C106H66N6O2. The molecule has 8 aromatic heterocycles. The van der Waals surface area contributed by atoms with Gasteiger partial charge in [0.2, 0.25) is 0 Å². The van der Waals surface area contributed by atoms with Crippen LogP contribution < -0.4 is 0 Å². The first kappa shape index (κ1) is 64.6. The number of benzene rings is 16. The van der Waals surface area contributed by atoms with Gasteiger partial charge in [0.05, 0.1) is 55.5 Å². The highest BCUT2D eigenvalue weighted by molar-refractivity contribution is 6.16. The lowest BCUT2D eigenvalue weighted by Crippen LogP contribution is -1.98. The lowest BCUT2D eigenvalue weighted by atomic mass is 9.96. The Morgan fingerprint density at radius 3 is 0.825 bits per heavy atom. The summed E-state index contributed by atoms with van der Waals surface area (Å²) in [5.74, 6) is 0. The van der Waals surface area contributed by atoms with Crippen LogP contribution in [0, 0.1) is 0 Å². The number of hydrogen-bond acceptors (Lipinski definition) is 4. The van der Waals surface area contributed by atoms with Crippen molar-refractivity contribution in [2.24, 2.45) is 0 Å². The van der Waals surface area contributed by atoms with Crippen molar-refractivity contribution in [3.05, 3.63) is 401 Å². The average molecular weight is 1460 g/mol. The Hall–Kier alpha value is -15.4. The Bertz CT molecular complexity index is 7440. The van der Waals surface area contributed by atoms with Crippen molar-refractivity contribution in [2.45, 2.75) is 0 Å². The quantitative estimate of drug-likeness (QED) is 0.137. The van der Waals surface area contributed by atoms with Gasteiger partial charge in [0.1, 0.15) is 22.3 Å². The molecule has 0 N–H and O–H groups in total. The van der Waals surface area contributed by atoms with Crippen LogP contribution in [0.4, 0.5) is 0 Å². The van der Waals surface area contributed by atoms with Gasteiger partial charge in [0, 0.05) is 111 Å². The zero-order chi connectivity index (χ0) is 74.9. The highest BCUT2D eigenvalue weighted by atomic mass is 16.3. The SMILES string of the molecule is c1cc(-c2ccc3oc4ccc(-n5c6ccccc6c6ccccc65)cc4c3c2)cc(-c2ccc3oc4ccc(-n5c6ccccc6c6ccccc65)cc4c3c2)c1.c1ccc(-c2ccccc2-c2ccc3c(c2)c2ccccc2n3-c2cccc(-n3c4ccccc4c4cc(-c5ccccc5-c5ccccn5)ccc43)c2)nc1. The standard InChI is InChI=1S/C54H32N2O2.C52H34N4/c1-5-16-47-39(12-1)40-13-2-6-17-48(40)55(47)37-22-26-53-45(31-37)43-29-35(20-24-51(43)57-53)33-10-9-11-34(28-33)36-21-25-52-44(30-36)46-32-38(23-27-54(46)58-52)56-49-18-7-3-14-41(49)42-15-4-8-19-50(42)56;1-3-18-41(47-22-9-11-30-53-47)39(16-1)35-26-28-51-45(32-35)43-20-5-7-24-49(43)55(51)37-14-13-15-38(34-37)56-50-25-8-6-21-44(50)46-33-36(27-29-52(46)56)40-17-2-4-19-42(40)48-23-10-12-31-54-48/h1-32H;1-34H. The van der Waals surface area contributed by atoms with Crippen LogP contribution in [0.15, 0.2) is 409 Å². The second-order valence-electron chi connectivity index (χ2n) is 29.5. The number of aromatic nitrogens is 6. The van der Waals surface area contributed by atoms with E-state index in [1.165, 1.54) is 109 Å². The van der Waals surface area contributed by atoms with Crippen molar-refractivity contribution in [1.82, 2.24) is 28.2 Å². The van der Waals surface area contributed by atoms with E-state index in [1.807, 2.05) is 36.7 Å². The third kappa shape index (κ3) is 10.5. The maximum atomic E-state index is 6.41. The van der Waals surface area contributed by atoms with Gasteiger partial charge >= 0.3 is 0 Å². The van der Waals surface area contributed by atoms with Gasteiger partial charge in [-0.25, -0.2) is 0 Å². The molecule has 0 unspecified atom stereocenters. The van der Waals surface area contributed by atoms with Gasteiger partial charge in [0.25, 0.3) is 0 Å². The molecule has 0 aliphatic heterocycles. The molecule has 0 amide bonds. The normalized spacial score (nSPS) is 11.9. The van der Waals surface area contributed by atoms with E-state index in [-0.39, 0.29) is 0 Å². The lowest BCUT2D eigenvalue weighted by Gasteiger charge is -2.14. The third-order valence-electron chi connectivity index (χ3n) is 23.2. The Morgan fingerprint density at radius 2 is 0.447 bits per heavy atom. The number of rotatable bonds is 10. The number of para-hydroxylation sites is 6. The molecule has 0 spiro atoms. The smallest absolute Gasteiger partial charge is 0.135 e. The Balaban J connectivity index is 0.000000135. The summed E-state index contributed by atoms with van der Waals surface area (Å²) in [4.78, 5) is 9.37. The number of fused-ring (bicyclic) bond motifs is 18. The van der Waals surface area contributed by atoms with Gasteiger partial charge in [-0.3, -0.25) is 9.97 Å². The maximum absolute atomic E-state index is 6.41. The molecule has 0 bridgehead atoms. The van der Waals surface area contributed by atoms with Gasteiger partial charge < -0.3 is 27.1 Å². The first-order chi connectivity index (χ1) is 56.5. The predicted octanol–water partition coefficient (Wildman–Crippen LogP) is 28.4. The minimum absolute atomic E-state index is 0.881. The molecule has 16 aromatic carbocycles. The molecule has 0 atom stereocenters. The second-order valence-corrected chi connectivity index (χ2v) is 29.5. The van der Waals surface area contributed by atoms with Crippen molar-refractivity contribution in [1.29, 1.82) is 0 Å². The van der Waals surface area contributed by atoms with Crippen molar-refractivity contribution >= 4 is 131 Å². The molecule has 8 nitrogen and oxygen atoms in total. The van der Waals surface area contributed by atoms with Gasteiger partial charge in [0.15, 0.2) is 0 Å². The minimum Gasteiger partial charge on any atom is -0.456 e. The molecule has 0 fully saturated rings. The number of hydrogen-bond donors (Lipinski definition) is 0. The molecule has 532 valence electrons. The zero-order valence-corrected chi connectivity index (χ0v) is 61.6. The van der Waals surface area contributed by atoms with Crippen molar-refractivity contribution < 1.29 is 8.83 Å². The summed E-state index contributed by atoms with van der Waals surface area (Å²) >= 11 is 0. The van der Waals surface area contributed by atoms with Crippen LogP contribution in [-0.2, 0) is 0 Å². The molecule has 8 heteroatoms. The predicted molar refractivity (Wildman–Crippen MR) is 473 cm³/mol. The van der Waals surface area contributed by atoms with Crippen molar-refractivity contribution in [3.63, 3.8) is 0 Å². The van der Waals surface area contributed by atoms with E-state index >= 15 is 0 Å². The van der Waals surface area contributed by atoms with Crippen molar-refractivity contribution in [3.8, 4) is 89.8 Å². The van der Waals surface area contributed by atoms with E-state index in [2.05, 4.69) is 392 Å². The lowest BCUT2D eigenvalue weighted by molar-refractivity contribution is 0.668. The molecule has 24 aromatic rings. The molecular weight excluding hydrogens is 1390 g/mol. The molecule has 24 rings (SSSR count). The van der Waals surface area contributed by atoms with Gasteiger partial charge in [-0.2, -0.15) is 0 Å². The fourth-order valence-corrected chi connectivity index (χ4v) is 18.0. The van der Waals surface area contributed by atoms with Gasteiger partial charge in [-0.1, -0.05) is 218 Å². The molecule has 114 heavy (non-hydrogen) atoms. The minimum atomic E-state index is 0.881. The van der Waals surface area contributed by atoms with Gasteiger partial charge in [-0.05, 0) is 214 Å². The summed E-state index contributed by atoms with van der Waals surface area (Å²) in [6, 6.07) is 139. The summed E-state index contributed by atoms with van der Waals surface area (Å²) in [5.41, 5.74) is 30.9. The van der Waals surface area contributed by atoms with Crippen LogP contribution in [0.25, 0.3) is 221 Å². The molecule has 0 aliphatic carbocycles. The monoisotopic (exact) mass is 1450 g/mol. The molecule has 0 saturated carbocycles. The summed E-state index contributed by atoms with van der Waals surface area (Å²) in [7, 11) is 0. The largest absolute Gasteiger partial charge is 0.456 e. The van der Waals surface area contributed by atoms with Gasteiger partial charge in [-0.15, -0.1) is 0 Å². The van der Waals surface area contributed by atoms with Crippen LogP contribution in [0.1, 0.15) is 0 Å². The maximum Gasteiger partial charge on any atom is 0.135 e. The van der Waals surface area contributed by atoms with Crippen LogP contribution in [0.2, 0.25) is 0 Å². The van der Waals surface area contributed by atoms with E-state index in [0.717, 1.165) is 111 Å². The Morgan fingerprint density at radius 1 is 0.167 bits per heavy atom. The van der Waals surface area contributed by atoms with E-state index in [9.17, 15) is 0 Å². The summed E-state index contributed by atoms with van der Waals surface area (Å²) in [6.07, 6.45) is 3.72. The molecule has 0 saturated heterocycles. The summed E-state index contributed by atoms with van der Waals surface area (Å²) in [5, 5.41) is 14.3. The van der Waals surface area contributed by atoms with E-state index in [0.29, 0.717) is 0 Å². The molecule has 0 radical (unpaired) electrons. The number of nitrogens with zero attached hydrogens (tertiary/aromatic N) is 6. The Kier molecular flexibility index (Phi) is 14.8. The fraction of sp³-hybridized carbons (Fsp3) is 0. The van der Waals surface area contributed by atoms with Crippen LogP contribution in [0.5, 0.6) is 0 Å². The number of pyridine rings is 2. The first-order valence-electron chi connectivity index (χ1n) is 38.7. The fourth-order valence-electron chi connectivity index (χ4n) is 18.0. The highest BCUT2D eigenvalue weighted by Crippen LogP contribution is 2.45. The zero-order valence-electron chi connectivity index (χ0n) is 61.6. The van der Waals surface area contributed by atoms with E-state index in [1.54, 1.807) is 0 Å². The van der Waals surface area contributed by atoms with E-state index in [4.69, 9.17) is 8.83 Å². The Labute approximate surface area is 654 Å². The van der Waals surface area contributed by atoms with Crippen LogP contribution >= 0.6 is 0 Å². The first-order valence-corrected chi connectivity index (χ1v) is 38.7. The van der Waals surface area contributed by atoms with E-state index < -0.39 is 0 Å². The average Bonchev–Trinajstić information content (AvgIpc) is 1.55. The van der Waals surface area contributed by atoms with Crippen LogP contribution in [0.3, 0.4) is 0 Å². The second kappa shape index (κ2) is 26.2. The van der Waals surface area contributed by atoms with Crippen molar-refractivity contribution in [2.75, 3.05) is 0 Å². The molecule has 8 heterocycles. The van der Waals surface area contributed by atoms with Crippen LogP contribution in [-0.4, -0.2) is 28.2 Å².